The van der Waals surface area contributed by atoms with Crippen LogP contribution in [0.2, 0.25) is 0 Å². The highest BCUT2D eigenvalue weighted by Gasteiger charge is 2.41. The molecular formula is C60H40N2Si. The van der Waals surface area contributed by atoms with Crippen LogP contribution in [0.3, 0.4) is 0 Å². The van der Waals surface area contributed by atoms with E-state index in [2.05, 4.69) is 252 Å². The predicted molar refractivity (Wildman–Crippen MR) is 269 cm³/mol. The fraction of sp³-hybridized carbons (Fsp3) is 0. The highest BCUT2D eigenvalue weighted by Crippen LogP contribution is 2.40. The summed E-state index contributed by atoms with van der Waals surface area (Å²) < 4.78 is 4.91. The van der Waals surface area contributed by atoms with Gasteiger partial charge in [-0.05, 0) is 103 Å². The second kappa shape index (κ2) is 14.0. The molecule has 0 spiro atoms. The van der Waals surface area contributed by atoms with Gasteiger partial charge in [-0.25, -0.2) is 0 Å². The van der Waals surface area contributed by atoms with Gasteiger partial charge in [-0.3, -0.25) is 0 Å². The van der Waals surface area contributed by atoms with Crippen LogP contribution < -0.4 is 20.7 Å². The zero-order valence-electron chi connectivity index (χ0n) is 34.5. The Balaban J connectivity index is 1.12. The number of hydrogen-bond donors (Lipinski definition) is 0. The highest BCUT2D eigenvalue weighted by atomic mass is 28.3. The van der Waals surface area contributed by atoms with Gasteiger partial charge in [0.25, 0.3) is 0 Å². The third kappa shape index (κ3) is 5.37. The number of para-hydroxylation sites is 2. The Bertz CT molecular complexity index is 3650. The van der Waals surface area contributed by atoms with Gasteiger partial charge in [0.1, 0.15) is 0 Å². The van der Waals surface area contributed by atoms with Gasteiger partial charge in [0.2, 0.25) is 0 Å². The molecule has 294 valence electrons. The molecule has 0 radical (unpaired) electrons. The predicted octanol–water partition coefficient (Wildman–Crippen LogP) is 12.6. The zero-order valence-corrected chi connectivity index (χ0v) is 35.5. The van der Waals surface area contributed by atoms with Gasteiger partial charge in [0, 0.05) is 32.9 Å². The number of rotatable bonds is 3. The molecule has 8 bridgehead atoms. The van der Waals surface area contributed by atoms with Crippen molar-refractivity contribution in [3.05, 3.63) is 243 Å². The van der Waals surface area contributed by atoms with Crippen molar-refractivity contribution < 1.29 is 0 Å². The summed E-state index contributed by atoms with van der Waals surface area (Å²) in [6.45, 7) is 0. The third-order valence-electron chi connectivity index (χ3n) is 13.6. The molecule has 0 saturated heterocycles. The second-order valence-corrected chi connectivity index (χ2v) is 20.7. The Kier molecular flexibility index (Phi) is 7.96. The van der Waals surface area contributed by atoms with Crippen molar-refractivity contribution in [2.75, 3.05) is 0 Å². The first kappa shape index (κ1) is 35.7. The van der Waals surface area contributed by atoms with Crippen LogP contribution in [0.4, 0.5) is 0 Å². The summed E-state index contributed by atoms with van der Waals surface area (Å²) in [7, 11) is -2.86. The molecule has 0 N–H and O–H groups in total. The van der Waals surface area contributed by atoms with E-state index in [1.54, 1.807) is 0 Å². The van der Waals surface area contributed by atoms with Gasteiger partial charge in [-0.2, -0.15) is 0 Å². The molecular weight excluding hydrogens is 777 g/mol. The molecule has 1 aliphatic heterocycles. The molecule has 0 fully saturated rings. The van der Waals surface area contributed by atoms with Crippen LogP contribution >= 0.6 is 0 Å². The molecule has 10 aromatic carbocycles. The lowest BCUT2D eigenvalue weighted by Gasteiger charge is -2.35. The Morgan fingerprint density at radius 3 is 1.37 bits per heavy atom. The summed E-state index contributed by atoms with van der Waals surface area (Å²) in [5.74, 6) is 0. The van der Waals surface area contributed by atoms with Crippen molar-refractivity contribution in [1.82, 2.24) is 9.13 Å². The van der Waals surface area contributed by atoms with E-state index in [0.717, 1.165) is 11.4 Å². The zero-order chi connectivity index (χ0) is 41.5. The molecule has 0 unspecified atom stereocenters. The summed E-state index contributed by atoms with van der Waals surface area (Å²) in [6, 6.07) is 91.2. The van der Waals surface area contributed by atoms with Crippen LogP contribution in [0.5, 0.6) is 0 Å². The molecule has 0 atom stereocenters. The summed E-state index contributed by atoms with van der Waals surface area (Å²) in [5, 5.41) is 10.4. The molecule has 63 heavy (non-hydrogen) atoms. The maximum absolute atomic E-state index is 2.86. The number of aromatic nitrogens is 2. The van der Waals surface area contributed by atoms with Gasteiger partial charge in [0.05, 0.1) is 22.1 Å². The van der Waals surface area contributed by atoms with Crippen molar-refractivity contribution in [2.45, 2.75) is 0 Å². The van der Waals surface area contributed by atoms with Crippen LogP contribution in [0, 0.1) is 0 Å². The first-order valence-corrected chi connectivity index (χ1v) is 23.8. The maximum atomic E-state index is 2.50. The first-order valence-electron chi connectivity index (χ1n) is 21.8. The smallest absolute Gasteiger partial charge is 0.179 e. The second-order valence-electron chi connectivity index (χ2n) is 16.9. The number of hydrogen-bond acceptors (Lipinski definition) is 0. The normalized spacial score (nSPS) is 12.9. The van der Waals surface area contributed by atoms with Crippen molar-refractivity contribution in [1.29, 1.82) is 0 Å². The van der Waals surface area contributed by atoms with Gasteiger partial charge >= 0.3 is 0 Å². The molecule has 0 aliphatic carbocycles. The topological polar surface area (TPSA) is 9.86 Å². The van der Waals surface area contributed by atoms with Crippen LogP contribution in [0.25, 0.3) is 88.4 Å². The van der Waals surface area contributed by atoms with Crippen LogP contribution in [0.15, 0.2) is 243 Å². The SMILES string of the molecule is c1ccc([Si]2(c3ccccc3)c3cccc(c3)-c3cccc(c3)-n3c4ccc(-n5c6ccccc6c6ccccc65)cc4c4ccc(cc43)-c3ccccc3-c3cccc2c3)cc1. The lowest BCUT2D eigenvalue weighted by Crippen LogP contribution is -2.74. The molecule has 3 heterocycles. The van der Waals surface area contributed by atoms with Crippen LogP contribution in [0.1, 0.15) is 0 Å². The van der Waals surface area contributed by atoms with Crippen molar-refractivity contribution in [3.63, 3.8) is 0 Å². The van der Waals surface area contributed by atoms with E-state index in [4.69, 9.17) is 0 Å². The van der Waals surface area contributed by atoms with Gasteiger partial charge in [-0.15, -0.1) is 0 Å². The number of benzene rings is 10. The maximum Gasteiger partial charge on any atom is 0.179 e. The number of fused-ring (bicyclic) bond motifs is 18. The van der Waals surface area contributed by atoms with Crippen molar-refractivity contribution in [2.24, 2.45) is 0 Å². The van der Waals surface area contributed by atoms with Gasteiger partial charge in [-0.1, -0.05) is 194 Å². The van der Waals surface area contributed by atoms with E-state index >= 15 is 0 Å². The fourth-order valence-electron chi connectivity index (χ4n) is 10.8. The summed E-state index contributed by atoms with van der Waals surface area (Å²) >= 11 is 0. The van der Waals surface area contributed by atoms with Crippen LogP contribution in [-0.2, 0) is 0 Å². The molecule has 13 rings (SSSR count). The lowest BCUT2D eigenvalue weighted by molar-refractivity contribution is 1.17. The van der Waals surface area contributed by atoms with Crippen molar-refractivity contribution in [3.8, 4) is 44.8 Å². The van der Waals surface area contributed by atoms with Gasteiger partial charge < -0.3 is 9.13 Å². The minimum atomic E-state index is -2.86. The highest BCUT2D eigenvalue weighted by molar-refractivity contribution is 7.20. The Morgan fingerprint density at radius 2 is 0.698 bits per heavy atom. The molecule has 1 aliphatic rings. The molecule has 12 aromatic rings. The Labute approximate surface area is 367 Å². The minimum Gasteiger partial charge on any atom is -0.309 e. The van der Waals surface area contributed by atoms with E-state index < -0.39 is 8.07 Å². The minimum absolute atomic E-state index is 1.14. The van der Waals surface area contributed by atoms with Gasteiger partial charge in [0.15, 0.2) is 8.07 Å². The van der Waals surface area contributed by atoms with E-state index in [-0.39, 0.29) is 0 Å². The molecule has 2 aromatic heterocycles. The summed E-state index contributed by atoms with van der Waals surface area (Å²) in [6.07, 6.45) is 0. The molecule has 0 saturated carbocycles. The average Bonchev–Trinajstić information content (AvgIpc) is 3.87. The Hall–Kier alpha value is -7.98. The molecule has 2 nitrogen and oxygen atoms in total. The molecule has 3 heteroatoms. The van der Waals surface area contributed by atoms with Crippen molar-refractivity contribution >= 4 is 72.4 Å². The van der Waals surface area contributed by atoms with E-state index in [1.165, 1.54) is 97.7 Å². The first-order chi connectivity index (χ1) is 31.2. The number of nitrogens with zero attached hydrogens (tertiary/aromatic N) is 2. The largest absolute Gasteiger partial charge is 0.309 e. The average molecular weight is 817 g/mol. The lowest BCUT2D eigenvalue weighted by atomic mass is 9.94. The molecule has 0 amide bonds. The summed E-state index contributed by atoms with van der Waals surface area (Å²) in [5.41, 5.74) is 14.3. The summed E-state index contributed by atoms with van der Waals surface area (Å²) in [4.78, 5) is 0. The standard InChI is InChI=1S/C60H40N2Si/c1-3-20-47(21-4-1)63(48-22-5-2-6-23-48)49-24-14-17-42(37-49)41-16-13-19-45(36-41)62-59-35-33-46(61-57-30-11-9-28-53(57)54-29-10-12-31-58(54)61)40-56(59)55-34-32-44(39-60(55)62)52-27-8-7-26-51(52)43-18-15-25-50(63)38-43/h1-40H. The third-order valence-corrected chi connectivity index (χ3v) is 18.3. The van der Waals surface area contributed by atoms with E-state index in [0.29, 0.717) is 0 Å². The monoisotopic (exact) mass is 816 g/mol. The van der Waals surface area contributed by atoms with E-state index in [1.807, 2.05) is 0 Å². The van der Waals surface area contributed by atoms with Crippen LogP contribution in [-0.4, -0.2) is 17.2 Å². The fourth-order valence-corrected chi connectivity index (χ4v) is 15.7. The Morgan fingerprint density at radius 1 is 0.238 bits per heavy atom. The van der Waals surface area contributed by atoms with E-state index in [9.17, 15) is 0 Å². The quantitative estimate of drug-likeness (QED) is 0.157.